The van der Waals surface area contributed by atoms with E-state index in [1.165, 1.54) is 0 Å². The van der Waals surface area contributed by atoms with Gasteiger partial charge in [-0.25, -0.2) is 31.8 Å². The molecular weight excluding hydrogens is 552 g/mol. The highest BCUT2D eigenvalue weighted by atomic mass is 32.3. The number of aryl methyl sites for hydroxylation is 1. The van der Waals surface area contributed by atoms with Crippen molar-refractivity contribution in [3.05, 3.63) is 59.2 Å². The van der Waals surface area contributed by atoms with Crippen LogP contribution in [0.25, 0.3) is 11.1 Å². The molecule has 5 rings (SSSR count). The molecule has 1 aromatic carbocycles. The average Bonchev–Trinajstić information content (AvgIpc) is 3.07. The zero-order chi connectivity index (χ0) is 28.9. The van der Waals surface area contributed by atoms with Crippen LogP contribution in [-0.4, -0.2) is 61.2 Å². The van der Waals surface area contributed by atoms with Crippen molar-refractivity contribution in [1.82, 2.24) is 18.7 Å². The van der Waals surface area contributed by atoms with Crippen LogP contribution < -0.4 is 15.4 Å². The molecule has 214 valence electrons. The number of hydrogen-bond acceptors (Lipinski definition) is 10. The molecule has 2 aliphatic rings. The van der Waals surface area contributed by atoms with Gasteiger partial charge >= 0.3 is 0 Å². The Kier molecular flexibility index (Phi) is 7.26. The van der Waals surface area contributed by atoms with Gasteiger partial charge in [0.05, 0.1) is 25.6 Å². The molecule has 1 aliphatic heterocycles. The molecule has 40 heavy (non-hydrogen) atoms. The Balaban J connectivity index is 1.57. The fourth-order valence-corrected chi connectivity index (χ4v) is 7.91. The minimum atomic E-state index is -4.06. The first-order valence-electron chi connectivity index (χ1n) is 13.0. The van der Waals surface area contributed by atoms with Gasteiger partial charge in [-0.15, -0.1) is 0 Å². The Morgan fingerprint density at radius 2 is 1.77 bits per heavy atom. The monoisotopic (exact) mass is 586 g/mol. The fourth-order valence-electron chi connectivity index (χ4n) is 5.24. The number of aromatic nitrogens is 3. The predicted molar refractivity (Wildman–Crippen MR) is 154 cm³/mol. The van der Waals surface area contributed by atoms with Gasteiger partial charge < -0.3 is 15.4 Å². The van der Waals surface area contributed by atoms with E-state index in [0.29, 0.717) is 41.5 Å². The zero-order valence-electron chi connectivity index (χ0n) is 23.1. The molecule has 0 fully saturated rings. The van der Waals surface area contributed by atoms with Gasteiger partial charge in [0.2, 0.25) is 20.0 Å². The molecule has 3 aromatic rings. The molecule has 0 saturated heterocycles. The van der Waals surface area contributed by atoms with E-state index in [2.05, 4.69) is 34.8 Å². The number of anilines is 2. The molecule has 0 radical (unpaired) electrons. The van der Waals surface area contributed by atoms with Gasteiger partial charge in [0.1, 0.15) is 29.8 Å². The van der Waals surface area contributed by atoms with Crippen molar-refractivity contribution in [3.63, 3.8) is 0 Å². The van der Waals surface area contributed by atoms with Crippen LogP contribution in [0.3, 0.4) is 0 Å². The Labute approximate surface area is 235 Å². The lowest BCUT2D eigenvalue weighted by molar-refractivity contribution is 0.310. The number of nitrogens with two attached hydrogens (primary N) is 1. The first-order valence-corrected chi connectivity index (χ1v) is 16.7. The number of ether oxygens (including phenoxy) is 1. The number of benzene rings is 1. The summed E-state index contributed by atoms with van der Waals surface area (Å²) in [5, 5.41) is 0. The summed E-state index contributed by atoms with van der Waals surface area (Å²) >= 11 is 0. The molecule has 11 nitrogen and oxygen atoms in total. The average molecular weight is 587 g/mol. The number of rotatable bonds is 6. The van der Waals surface area contributed by atoms with Crippen molar-refractivity contribution in [3.8, 4) is 16.9 Å². The van der Waals surface area contributed by atoms with Gasteiger partial charge in [-0.05, 0) is 54.5 Å². The van der Waals surface area contributed by atoms with E-state index in [9.17, 15) is 16.8 Å². The van der Waals surface area contributed by atoms with Crippen LogP contribution >= 0.6 is 0 Å². The van der Waals surface area contributed by atoms with Crippen LogP contribution in [0.2, 0.25) is 0 Å². The summed E-state index contributed by atoms with van der Waals surface area (Å²) in [6.07, 6.45) is 5.82. The molecule has 0 amide bonds. The first kappa shape index (κ1) is 28.2. The van der Waals surface area contributed by atoms with Gasteiger partial charge in [0, 0.05) is 35.1 Å². The fraction of sp³-hybridized carbons (Fsp3) is 0.444. The summed E-state index contributed by atoms with van der Waals surface area (Å²) in [7, 11) is -8.12. The van der Waals surface area contributed by atoms with E-state index >= 15 is 0 Å². The maximum Gasteiger partial charge on any atom is 0.224 e. The Bertz CT molecular complexity index is 1630. The smallest absolute Gasteiger partial charge is 0.224 e. The number of sulfonamides is 2. The van der Waals surface area contributed by atoms with E-state index in [-0.39, 0.29) is 11.2 Å². The van der Waals surface area contributed by atoms with Crippen molar-refractivity contribution in [2.75, 3.05) is 36.3 Å². The van der Waals surface area contributed by atoms with Gasteiger partial charge in [0.15, 0.2) is 0 Å². The molecule has 2 aromatic heterocycles. The molecular formula is C27H34N6O5S2. The quantitative estimate of drug-likeness (QED) is 0.457. The SMILES string of the molecule is CC1(C)CCc2nc(CN(S(C)(=O)=O)S(C)(=O)=O)nc(N3CCOc4ccc(-c5ccc(N)nc5)cc4C3)c2C1. The third-order valence-electron chi connectivity index (χ3n) is 7.28. The second kappa shape index (κ2) is 10.3. The van der Waals surface area contributed by atoms with Gasteiger partial charge in [-0.2, -0.15) is 0 Å². The van der Waals surface area contributed by atoms with Crippen molar-refractivity contribution in [2.45, 2.75) is 46.2 Å². The predicted octanol–water partition coefficient (Wildman–Crippen LogP) is 2.76. The Hall–Kier alpha value is -3.29. The second-order valence-electron chi connectivity index (χ2n) is 11.3. The molecule has 0 bridgehead atoms. The zero-order valence-corrected chi connectivity index (χ0v) is 24.7. The lowest BCUT2D eigenvalue weighted by Crippen LogP contribution is -2.36. The van der Waals surface area contributed by atoms with Crippen LogP contribution in [0.1, 0.15) is 42.9 Å². The van der Waals surface area contributed by atoms with Gasteiger partial charge in [-0.3, -0.25) is 0 Å². The van der Waals surface area contributed by atoms with Gasteiger partial charge in [0.25, 0.3) is 0 Å². The number of fused-ring (bicyclic) bond motifs is 2. The van der Waals surface area contributed by atoms with E-state index in [1.54, 1.807) is 12.3 Å². The summed E-state index contributed by atoms with van der Waals surface area (Å²) in [6.45, 7) is 5.41. The molecule has 1 aliphatic carbocycles. The lowest BCUT2D eigenvalue weighted by atomic mass is 9.76. The van der Waals surface area contributed by atoms with Crippen LogP contribution in [-0.2, 0) is 46.0 Å². The highest BCUT2D eigenvalue weighted by molar-refractivity contribution is 8.03. The van der Waals surface area contributed by atoms with E-state index in [1.807, 2.05) is 18.2 Å². The largest absolute Gasteiger partial charge is 0.491 e. The maximum atomic E-state index is 12.3. The van der Waals surface area contributed by atoms with Crippen molar-refractivity contribution in [1.29, 1.82) is 0 Å². The lowest BCUT2D eigenvalue weighted by Gasteiger charge is -2.34. The second-order valence-corrected chi connectivity index (χ2v) is 15.3. The third-order valence-corrected chi connectivity index (χ3v) is 10.6. The summed E-state index contributed by atoms with van der Waals surface area (Å²) < 4.78 is 55.9. The molecule has 0 atom stereocenters. The molecule has 0 saturated carbocycles. The number of nitrogen functional groups attached to an aromatic ring is 1. The minimum Gasteiger partial charge on any atom is -0.491 e. The normalized spacial score (nSPS) is 17.1. The summed E-state index contributed by atoms with van der Waals surface area (Å²) in [5.41, 5.74) is 10.5. The molecule has 0 spiro atoms. The van der Waals surface area contributed by atoms with Gasteiger partial charge in [-0.1, -0.05) is 23.6 Å². The van der Waals surface area contributed by atoms with Crippen LogP contribution in [0.15, 0.2) is 36.5 Å². The molecule has 3 heterocycles. The van der Waals surface area contributed by atoms with Crippen molar-refractivity contribution in [2.24, 2.45) is 5.41 Å². The molecule has 0 unspecified atom stereocenters. The van der Waals surface area contributed by atoms with Crippen LogP contribution in [0, 0.1) is 5.41 Å². The van der Waals surface area contributed by atoms with E-state index in [4.69, 9.17) is 15.5 Å². The van der Waals surface area contributed by atoms with E-state index in [0.717, 1.165) is 59.1 Å². The first-order chi connectivity index (χ1) is 18.7. The number of nitrogens with zero attached hydrogens (tertiary/aromatic N) is 5. The highest BCUT2D eigenvalue weighted by Gasteiger charge is 2.34. The van der Waals surface area contributed by atoms with E-state index < -0.39 is 26.6 Å². The Morgan fingerprint density at radius 3 is 2.45 bits per heavy atom. The van der Waals surface area contributed by atoms with Crippen molar-refractivity contribution < 1.29 is 21.6 Å². The van der Waals surface area contributed by atoms with Crippen LogP contribution in [0.4, 0.5) is 11.6 Å². The Morgan fingerprint density at radius 1 is 1.05 bits per heavy atom. The standard InChI is InChI=1S/C27H34N6O5S2/c1-27(2)10-9-22-21(14-27)26(31-25(30-22)17-33(39(3,34)35)40(4,36)37)32-11-12-38-23-7-5-18(13-20(23)16-32)19-6-8-24(28)29-15-19/h5-8,13,15H,9-12,14,16-17H2,1-4H3,(H2,28,29). The molecule has 2 N–H and O–H groups in total. The number of pyridine rings is 1. The van der Waals surface area contributed by atoms with Crippen molar-refractivity contribution >= 4 is 31.7 Å². The topological polar surface area (TPSA) is 149 Å². The summed E-state index contributed by atoms with van der Waals surface area (Å²) in [5.74, 6) is 2.06. The summed E-state index contributed by atoms with van der Waals surface area (Å²) in [4.78, 5) is 15.8. The molecule has 13 heteroatoms. The highest BCUT2D eigenvalue weighted by Crippen LogP contribution is 2.39. The third kappa shape index (κ3) is 6.06. The summed E-state index contributed by atoms with van der Waals surface area (Å²) in [6, 6.07) is 9.68. The van der Waals surface area contributed by atoms with Crippen LogP contribution in [0.5, 0.6) is 5.75 Å². The maximum absolute atomic E-state index is 12.3. The minimum absolute atomic E-state index is 0.0355. The number of hydrogen-bond donors (Lipinski definition) is 1.